The first-order valence-corrected chi connectivity index (χ1v) is 8.36. The molecule has 120 valence electrons. The number of nitrogens with zero attached hydrogens (tertiary/aromatic N) is 3. The molecule has 0 unspecified atom stereocenters. The van der Waals surface area contributed by atoms with Crippen molar-refractivity contribution in [2.45, 2.75) is 0 Å². The molecule has 0 aliphatic heterocycles. The fourth-order valence-electron chi connectivity index (χ4n) is 2.82. The molecule has 5 heteroatoms. The second-order valence-electron chi connectivity index (χ2n) is 5.55. The first-order chi connectivity index (χ1) is 12.2. The van der Waals surface area contributed by atoms with Gasteiger partial charge in [0, 0.05) is 11.3 Å². The number of benzene rings is 3. The van der Waals surface area contributed by atoms with E-state index in [0.29, 0.717) is 15.6 Å². The first-order valence-electron chi connectivity index (χ1n) is 7.61. The number of aromatic nitrogens is 2. The summed E-state index contributed by atoms with van der Waals surface area (Å²) in [4.78, 5) is 4.75. The lowest BCUT2D eigenvalue weighted by Crippen LogP contribution is -1.97. The molecule has 0 N–H and O–H groups in total. The Bertz CT molecular complexity index is 1130. The van der Waals surface area contributed by atoms with Gasteiger partial charge in [-0.3, -0.25) is 4.57 Å². The zero-order valence-corrected chi connectivity index (χ0v) is 14.5. The fraction of sp³-hybridized carbons (Fsp3) is 0. The predicted octanol–water partition coefficient (Wildman–Crippen LogP) is 5.87. The van der Waals surface area contributed by atoms with Gasteiger partial charge in [0.1, 0.15) is 5.82 Å². The van der Waals surface area contributed by atoms with E-state index in [1.807, 2.05) is 42.5 Å². The molecule has 3 nitrogen and oxygen atoms in total. The molecule has 3 aromatic carbocycles. The van der Waals surface area contributed by atoms with Gasteiger partial charge < -0.3 is 0 Å². The Morgan fingerprint density at radius 2 is 1.68 bits per heavy atom. The van der Waals surface area contributed by atoms with Crippen LogP contribution in [0.3, 0.4) is 0 Å². The van der Waals surface area contributed by atoms with Crippen LogP contribution in [-0.4, -0.2) is 9.55 Å². The summed E-state index contributed by atoms with van der Waals surface area (Å²) in [7, 11) is 0. The van der Waals surface area contributed by atoms with Crippen LogP contribution in [0.15, 0.2) is 66.7 Å². The maximum absolute atomic E-state index is 9.16. The first kappa shape index (κ1) is 15.7. The van der Waals surface area contributed by atoms with Crippen LogP contribution in [-0.2, 0) is 0 Å². The van der Waals surface area contributed by atoms with Crippen molar-refractivity contribution in [3.63, 3.8) is 0 Å². The number of nitriles is 1. The van der Waals surface area contributed by atoms with E-state index in [4.69, 9.17) is 33.4 Å². The minimum absolute atomic E-state index is 0.476. The lowest BCUT2D eigenvalue weighted by Gasteiger charge is -2.10. The SMILES string of the molecule is N#Cc1ccc2c(c1)nc(-c1ccc(Cl)c(Cl)c1)n2-c1ccccc1. The average molecular weight is 364 g/mol. The Kier molecular flexibility index (Phi) is 3.93. The van der Waals surface area contributed by atoms with Gasteiger partial charge in [-0.15, -0.1) is 0 Å². The van der Waals surface area contributed by atoms with Gasteiger partial charge in [0.05, 0.1) is 32.7 Å². The van der Waals surface area contributed by atoms with Crippen molar-refractivity contribution in [1.82, 2.24) is 9.55 Å². The van der Waals surface area contributed by atoms with E-state index in [0.717, 1.165) is 28.1 Å². The molecule has 4 aromatic rings. The summed E-state index contributed by atoms with van der Waals surface area (Å²) in [5.74, 6) is 0.745. The molecule has 0 atom stereocenters. The van der Waals surface area contributed by atoms with Gasteiger partial charge in [-0.2, -0.15) is 5.26 Å². The van der Waals surface area contributed by atoms with E-state index in [-0.39, 0.29) is 0 Å². The normalized spacial score (nSPS) is 10.8. The van der Waals surface area contributed by atoms with Crippen LogP contribution in [0.5, 0.6) is 0 Å². The molecule has 0 spiro atoms. The van der Waals surface area contributed by atoms with Crippen LogP contribution >= 0.6 is 23.2 Å². The zero-order chi connectivity index (χ0) is 17.4. The largest absolute Gasteiger partial charge is 0.292 e. The van der Waals surface area contributed by atoms with E-state index in [2.05, 4.69) is 10.6 Å². The number of rotatable bonds is 2. The predicted molar refractivity (Wildman–Crippen MR) is 101 cm³/mol. The summed E-state index contributed by atoms with van der Waals surface area (Å²) in [6, 6.07) is 23.0. The molecular formula is C20H11Cl2N3. The summed E-state index contributed by atoms with van der Waals surface area (Å²) in [5.41, 5.74) is 4.09. The second kappa shape index (κ2) is 6.25. The smallest absolute Gasteiger partial charge is 0.145 e. The van der Waals surface area contributed by atoms with Crippen LogP contribution in [0.4, 0.5) is 0 Å². The van der Waals surface area contributed by atoms with Crippen molar-refractivity contribution in [2.24, 2.45) is 0 Å². The lowest BCUT2D eigenvalue weighted by molar-refractivity contribution is 1.10. The molecule has 0 saturated heterocycles. The summed E-state index contributed by atoms with van der Waals surface area (Å²) < 4.78 is 2.05. The van der Waals surface area contributed by atoms with Gasteiger partial charge in [0.2, 0.25) is 0 Å². The topological polar surface area (TPSA) is 41.6 Å². The van der Waals surface area contributed by atoms with Crippen molar-refractivity contribution in [2.75, 3.05) is 0 Å². The van der Waals surface area contributed by atoms with Crippen LogP contribution < -0.4 is 0 Å². The number of fused-ring (bicyclic) bond motifs is 1. The van der Waals surface area contributed by atoms with Gasteiger partial charge in [-0.1, -0.05) is 41.4 Å². The number of hydrogen-bond acceptors (Lipinski definition) is 2. The van der Waals surface area contributed by atoms with Crippen molar-refractivity contribution < 1.29 is 0 Å². The Hall–Kier alpha value is -2.80. The third-order valence-electron chi connectivity index (χ3n) is 3.98. The van der Waals surface area contributed by atoms with Crippen LogP contribution in [0.1, 0.15) is 5.56 Å². The highest BCUT2D eigenvalue weighted by molar-refractivity contribution is 6.42. The number of hydrogen-bond donors (Lipinski definition) is 0. The minimum atomic E-state index is 0.476. The van der Waals surface area contributed by atoms with E-state index in [1.165, 1.54) is 0 Å². The summed E-state index contributed by atoms with van der Waals surface area (Å²) in [6.07, 6.45) is 0. The Morgan fingerprint density at radius 1 is 0.880 bits per heavy atom. The standard InChI is InChI=1S/C20H11Cl2N3/c21-16-8-7-14(11-17(16)22)20-24-18-10-13(12-23)6-9-19(18)25(20)15-4-2-1-3-5-15/h1-11H. The molecular weight excluding hydrogens is 353 g/mol. The molecule has 0 amide bonds. The third kappa shape index (κ3) is 2.76. The molecule has 0 saturated carbocycles. The van der Waals surface area contributed by atoms with Crippen molar-refractivity contribution in [3.05, 3.63) is 82.3 Å². The monoisotopic (exact) mass is 363 g/mol. The van der Waals surface area contributed by atoms with Gasteiger partial charge in [-0.05, 0) is 48.5 Å². The van der Waals surface area contributed by atoms with Crippen LogP contribution in [0.25, 0.3) is 28.1 Å². The summed E-state index contributed by atoms with van der Waals surface area (Å²) in [5, 5.41) is 10.1. The van der Waals surface area contributed by atoms with Crippen LogP contribution in [0, 0.1) is 11.3 Å². The quantitative estimate of drug-likeness (QED) is 0.446. The summed E-state index contributed by atoms with van der Waals surface area (Å²) >= 11 is 12.2. The zero-order valence-electron chi connectivity index (χ0n) is 12.9. The maximum Gasteiger partial charge on any atom is 0.145 e. The van der Waals surface area contributed by atoms with Crippen molar-refractivity contribution >= 4 is 34.2 Å². The highest BCUT2D eigenvalue weighted by Gasteiger charge is 2.15. The molecule has 0 radical (unpaired) electrons. The van der Waals surface area contributed by atoms with Gasteiger partial charge in [0.25, 0.3) is 0 Å². The maximum atomic E-state index is 9.16. The minimum Gasteiger partial charge on any atom is -0.292 e. The molecule has 0 aliphatic carbocycles. The molecule has 0 fully saturated rings. The van der Waals surface area contributed by atoms with Gasteiger partial charge in [0.15, 0.2) is 0 Å². The highest BCUT2D eigenvalue weighted by Crippen LogP contribution is 2.32. The molecule has 0 aliphatic rings. The average Bonchev–Trinajstić information content (AvgIpc) is 3.03. The number of halogens is 2. The number of para-hydroxylation sites is 1. The Labute approximate surface area is 154 Å². The van der Waals surface area contributed by atoms with Gasteiger partial charge in [-0.25, -0.2) is 4.98 Å². The summed E-state index contributed by atoms with van der Waals surface area (Å²) in [6.45, 7) is 0. The van der Waals surface area contributed by atoms with E-state index in [1.54, 1.807) is 24.3 Å². The molecule has 1 aromatic heterocycles. The molecule has 4 rings (SSSR count). The third-order valence-corrected chi connectivity index (χ3v) is 4.71. The van der Waals surface area contributed by atoms with E-state index in [9.17, 15) is 0 Å². The Morgan fingerprint density at radius 3 is 2.40 bits per heavy atom. The fourth-order valence-corrected chi connectivity index (χ4v) is 3.12. The van der Waals surface area contributed by atoms with Crippen molar-refractivity contribution in [3.8, 4) is 23.1 Å². The number of imidazole rings is 1. The Balaban J connectivity index is 2.05. The van der Waals surface area contributed by atoms with E-state index >= 15 is 0 Å². The lowest BCUT2D eigenvalue weighted by atomic mass is 10.2. The van der Waals surface area contributed by atoms with Crippen LogP contribution in [0.2, 0.25) is 10.0 Å². The van der Waals surface area contributed by atoms with Crippen molar-refractivity contribution in [1.29, 1.82) is 5.26 Å². The van der Waals surface area contributed by atoms with Gasteiger partial charge >= 0.3 is 0 Å². The molecule has 1 heterocycles. The highest BCUT2D eigenvalue weighted by atomic mass is 35.5. The second-order valence-corrected chi connectivity index (χ2v) is 6.36. The molecule has 0 bridgehead atoms. The molecule has 25 heavy (non-hydrogen) atoms. The van der Waals surface area contributed by atoms with E-state index < -0.39 is 0 Å².